The molecule has 0 radical (unpaired) electrons. The zero-order chi connectivity index (χ0) is 14.5. The Balaban J connectivity index is 1.96. The van der Waals surface area contributed by atoms with E-state index in [1.807, 2.05) is 0 Å². The number of hydrogen-bond donors (Lipinski definition) is 2. The number of methoxy groups -OCH3 is 1. The van der Waals surface area contributed by atoms with Crippen molar-refractivity contribution in [3.05, 3.63) is 24.0 Å². The number of rotatable bonds is 5. The van der Waals surface area contributed by atoms with Gasteiger partial charge in [0.15, 0.2) is 5.84 Å². The Hall–Kier alpha value is -2.35. The van der Waals surface area contributed by atoms with Crippen molar-refractivity contribution in [1.82, 2.24) is 15.2 Å². The molecule has 2 aliphatic rings. The SMILES string of the molecule is COCCNC(=O)CN1N=C2C=CC(N)=CN2CC1=O. The van der Waals surface area contributed by atoms with Gasteiger partial charge in [-0.25, -0.2) is 5.01 Å². The Bertz CT molecular complexity index is 497. The molecule has 2 amide bonds. The summed E-state index contributed by atoms with van der Waals surface area (Å²) < 4.78 is 4.83. The summed E-state index contributed by atoms with van der Waals surface area (Å²) in [4.78, 5) is 25.2. The Morgan fingerprint density at radius 3 is 3.10 bits per heavy atom. The van der Waals surface area contributed by atoms with Crippen LogP contribution in [0.1, 0.15) is 0 Å². The lowest BCUT2D eigenvalue weighted by Crippen LogP contribution is -2.48. The molecule has 0 unspecified atom stereocenters. The zero-order valence-corrected chi connectivity index (χ0v) is 11.2. The molecule has 0 aliphatic carbocycles. The van der Waals surface area contributed by atoms with Gasteiger partial charge in [0.2, 0.25) is 5.91 Å². The molecule has 0 fully saturated rings. The van der Waals surface area contributed by atoms with E-state index in [2.05, 4.69) is 10.4 Å². The van der Waals surface area contributed by atoms with Crippen LogP contribution in [0.15, 0.2) is 29.2 Å². The van der Waals surface area contributed by atoms with Crippen LogP contribution in [0.5, 0.6) is 0 Å². The van der Waals surface area contributed by atoms with Crippen LogP contribution < -0.4 is 11.1 Å². The van der Waals surface area contributed by atoms with Gasteiger partial charge in [-0.15, -0.1) is 0 Å². The average Bonchev–Trinajstić information content (AvgIpc) is 2.40. The first-order chi connectivity index (χ1) is 9.60. The second-order valence-corrected chi connectivity index (χ2v) is 4.34. The van der Waals surface area contributed by atoms with E-state index in [4.69, 9.17) is 10.5 Å². The topological polar surface area (TPSA) is 100 Å². The molecule has 3 N–H and O–H groups in total. The summed E-state index contributed by atoms with van der Waals surface area (Å²) >= 11 is 0. The van der Waals surface area contributed by atoms with Crippen LogP contribution in [0, 0.1) is 0 Å². The van der Waals surface area contributed by atoms with Gasteiger partial charge in [-0.05, 0) is 12.2 Å². The number of nitrogens with two attached hydrogens (primary N) is 1. The predicted molar refractivity (Wildman–Crippen MR) is 72.2 cm³/mol. The lowest BCUT2D eigenvalue weighted by Gasteiger charge is -2.31. The number of carbonyl (C=O) groups is 2. The number of carbonyl (C=O) groups excluding carboxylic acids is 2. The highest BCUT2D eigenvalue weighted by atomic mass is 16.5. The maximum atomic E-state index is 11.9. The minimum absolute atomic E-state index is 0.104. The van der Waals surface area contributed by atoms with E-state index < -0.39 is 0 Å². The van der Waals surface area contributed by atoms with Crippen LogP contribution in [0.4, 0.5) is 0 Å². The third kappa shape index (κ3) is 3.35. The van der Waals surface area contributed by atoms with Crippen molar-refractivity contribution in [3.8, 4) is 0 Å². The second-order valence-electron chi connectivity index (χ2n) is 4.34. The Morgan fingerprint density at radius 1 is 1.55 bits per heavy atom. The maximum absolute atomic E-state index is 11.9. The van der Waals surface area contributed by atoms with Crippen LogP contribution in [0.25, 0.3) is 0 Å². The summed E-state index contributed by atoms with van der Waals surface area (Å²) in [5.74, 6) is 0.0570. The summed E-state index contributed by atoms with van der Waals surface area (Å²) in [6, 6.07) is 0. The molecule has 0 aromatic rings. The highest BCUT2D eigenvalue weighted by Crippen LogP contribution is 2.12. The monoisotopic (exact) mass is 279 g/mol. The third-order valence-corrected chi connectivity index (χ3v) is 2.76. The van der Waals surface area contributed by atoms with Crippen LogP contribution in [0.3, 0.4) is 0 Å². The highest BCUT2D eigenvalue weighted by molar-refractivity contribution is 6.01. The van der Waals surface area contributed by atoms with E-state index in [-0.39, 0.29) is 24.9 Å². The molecule has 0 aromatic carbocycles. The van der Waals surface area contributed by atoms with E-state index >= 15 is 0 Å². The normalized spacial score (nSPS) is 17.6. The van der Waals surface area contributed by atoms with Gasteiger partial charge < -0.3 is 20.7 Å². The van der Waals surface area contributed by atoms with Crippen LogP contribution in [0.2, 0.25) is 0 Å². The maximum Gasteiger partial charge on any atom is 0.263 e. The van der Waals surface area contributed by atoms with Crippen molar-refractivity contribution >= 4 is 17.6 Å². The molecule has 108 valence electrons. The lowest BCUT2D eigenvalue weighted by atomic mass is 10.2. The van der Waals surface area contributed by atoms with Crippen molar-refractivity contribution in [2.75, 3.05) is 33.4 Å². The molecule has 20 heavy (non-hydrogen) atoms. The minimum Gasteiger partial charge on any atom is -0.398 e. The molecule has 8 heteroatoms. The van der Waals surface area contributed by atoms with E-state index in [9.17, 15) is 9.59 Å². The fourth-order valence-electron chi connectivity index (χ4n) is 1.79. The average molecular weight is 279 g/mol. The predicted octanol–water partition coefficient (Wildman–Crippen LogP) is -1.42. The molecule has 0 atom stereocenters. The number of nitrogens with zero attached hydrogens (tertiary/aromatic N) is 3. The molecule has 0 saturated heterocycles. The number of allylic oxidation sites excluding steroid dienone is 1. The van der Waals surface area contributed by atoms with E-state index in [1.165, 1.54) is 0 Å². The summed E-state index contributed by atoms with van der Waals surface area (Å²) in [5.41, 5.74) is 6.21. The van der Waals surface area contributed by atoms with E-state index in [0.717, 1.165) is 5.01 Å². The van der Waals surface area contributed by atoms with Gasteiger partial charge in [-0.3, -0.25) is 9.59 Å². The quantitative estimate of drug-likeness (QED) is 0.601. The van der Waals surface area contributed by atoms with Gasteiger partial charge in [0.1, 0.15) is 13.1 Å². The van der Waals surface area contributed by atoms with Crippen molar-refractivity contribution in [3.63, 3.8) is 0 Å². The van der Waals surface area contributed by atoms with Crippen LogP contribution >= 0.6 is 0 Å². The Kier molecular flexibility index (Phi) is 4.36. The van der Waals surface area contributed by atoms with Gasteiger partial charge in [-0.1, -0.05) is 0 Å². The summed E-state index contributed by atoms with van der Waals surface area (Å²) in [6.07, 6.45) is 5.05. The number of amides is 2. The molecule has 2 rings (SSSR count). The lowest BCUT2D eigenvalue weighted by molar-refractivity contribution is -0.137. The first kappa shape index (κ1) is 14.1. The summed E-state index contributed by atoms with van der Waals surface area (Å²) in [7, 11) is 1.55. The molecule has 8 nitrogen and oxygen atoms in total. The first-order valence-corrected chi connectivity index (χ1v) is 6.17. The highest BCUT2D eigenvalue weighted by Gasteiger charge is 2.27. The Labute approximate surface area is 116 Å². The van der Waals surface area contributed by atoms with Gasteiger partial charge in [0, 0.05) is 25.6 Å². The summed E-state index contributed by atoms with van der Waals surface area (Å²) in [5, 5.41) is 7.94. The first-order valence-electron chi connectivity index (χ1n) is 6.17. The van der Waals surface area contributed by atoms with Crippen molar-refractivity contribution in [1.29, 1.82) is 0 Å². The molecule has 0 bridgehead atoms. The van der Waals surface area contributed by atoms with Gasteiger partial charge in [0.25, 0.3) is 5.91 Å². The molecule has 2 aliphatic heterocycles. The smallest absolute Gasteiger partial charge is 0.263 e. The van der Waals surface area contributed by atoms with Gasteiger partial charge in [-0.2, -0.15) is 5.10 Å². The van der Waals surface area contributed by atoms with Crippen molar-refractivity contribution in [2.24, 2.45) is 10.8 Å². The number of hydrogen-bond acceptors (Lipinski definition) is 6. The summed E-state index contributed by atoms with van der Waals surface area (Å²) in [6.45, 7) is 0.843. The minimum atomic E-state index is -0.275. The zero-order valence-electron chi connectivity index (χ0n) is 11.2. The number of nitrogens with one attached hydrogen (secondary N) is 1. The van der Waals surface area contributed by atoms with Crippen LogP contribution in [-0.4, -0.2) is 60.9 Å². The van der Waals surface area contributed by atoms with Gasteiger partial charge in [0.05, 0.1) is 6.61 Å². The molecule has 2 heterocycles. The molecule has 0 spiro atoms. The second kappa shape index (κ2) is 6.20. The molecular weight excluding hydrogens is 262 g/mol. The fourth-order valence-corrected chi connectivity index (χ4v) is 1.79. The number of amidine groups is 1. The largest absolute Gasteiger partial charge is 0.398 e. The van der Waals surface area contributed by atoms with Gasteiger partial charge >= 0.3 is 0 Å². The molecular formula is C12H17N5O3. The standard InChI is InChI=1S/C12H17N5O3/c1-20-5-4-14-11(18)7-17-12(19)8-16-6-9(13)2-3-10(16)15-17/h2-3,6H,4-5,7-8,13H2,1H3,(H,14,18). The van der Waals surface area contributed by atoms with E-state index in [1.54, 1.807) is 30.4 Å². The Morgan fingerprint density at radius 2 is 2.35 bits per heavy atom. The number of fused-ring (bicyclic) bond motifs is 1. The molecule has 0 saturated carbocycles. The van der Waals surface area contributed by atoms with E-state index in [0.29, 0.717) is 24.7 Å². The molecule has 0 aromatic heterocycles. The van der Waals surface area contributed by atoms with Crippen molar-refractivity contribution in [2.45, 2.75) is 0 Å². The number of hydrazone groups is 1. The number of ether oxygens (including phenoxy) is 1. The van der Waals surface area contributed by atoms with Crippen molar-refractivity contribution < 1.29 is 14.3 Å². The van der Waals surface area contributed by atoms with Crippen LogP contribution in [-0.2, 0) is 14.3 Å². The third-order valence-electron chi connectivity index (χ3n) is 2.76. The fraction of sp³-hybridized carbons (Fsp3) is 0.417.